The molecule has 5 heteroatoms. The third-order valence-electron chi connectivity index (χ3n) is 3.42. The van der Waals surface area contributed by atoms with E-state index in [2.05, 4.69) is 9.88 Å². The van der Waals surface area contributed by atoms with Crippen molar-refractivity contribution in [1.82, 2.24) is 14.3 Å². The van der Waals surface area contributed by atoms with Gasteiger partial charge in [-0.15, -0.1) is 0 Å². The highest BCUT2D eigenvalue weighted by Crippen LogP contribution is 2.17. The number of hydrogen-bond donors (Lipinski definition) is 0. The van der Waals surface area contributed by atoms with Gasteiger partial charge in [-0.25, -0.2) is 4.98 Å². The van der Waals surface area contributed by atoms with Gasteiger partial charge in [0.05, 0.1) is 12.1 Å². The van der Waals surface area contributed by atoms with Crippen molar-refractivity contribution < 1.29 is 4.79 Å². The van der Waals surface area contributed by atoms with E-state index in [0.717, 1.165) is 31.0 Å². The molecule has 0 amide bonds. The molecule has 2 aromatic rings. The van der Waals surface area contributed by atoms with E-state index in [0.29, 0.717) is 5.69 Å². The number of Topliss-reactive ketones (excluding diaryl/α,β-unsaturated/α-hetero) is 1. The highest BCUT2D eigenvalue weighted by atomic mass is 32.2. The molecule has 3 heterocycles. The number of thioether (sulfide) groups is 1. The summed E-state index contributed by atoms with van der Waals surface area (Å²) in [5, 5.41) is 0. The molecule has 1 aliphatic rings. The summed E-state index contributed by atoms with van der Waals surface area (Å²) in [6.07, 6.45) is 1.99. The van der Waals surface area contributed by atoms with Crippen LogP contribution in [0.15, 0.2) is 24.4 Å². The molecule has 2 aromatic heterocycles. The molecule has 0 atom stereocenters. The quantitative estimate of drug-likeness (QED) is 0.804. The minimum atomic E-state index is 0.0316. The predicted octanol–water partition coefficient (Wildman–Crippen LogP) is 2.09. The molecule has 0 saturated carbocycles. The number of imidazole rings is 1. The molecule has 4 nitrogen and oxygen atoms in total. The van der Waals surface area contributed by atoms with Gasteiger partial charge in [-0.1, -0.05) is 6.07 Å². The molecule has 0 radical (unpaired) electrons. The fourth-order valence-electron chi connectivity index (χ4n) is 2.43. The molecule has 0 unspecified atom stereocenters. The number of fused-ring (bicyclic) bond motifs is 1. The summed E-state index contributed by atoms with van der Waals surface area (Å²) in [7, 11) is 0. The third-order valence-corrected chi connectivity index (χ3v) is 4.37. The summed E-state index contributed by atoms with van der Waals surface area (Å²) in [4.78, 5) is 18.6. The molecular formula is C14H17N3OS. The molecule has 0 aliphatic carbocycles. The van der Waals surface area contributed by atoms with Crippen molar-refractivity contribution in [2.45, 2.75) is 13.5 Å². The van der Waals surface area contributed by atoms with Crippen LogP contribution >= 0.6 is 11.8 Å². The van der Waals surface area contributed by atoms with Crippen molar-refractivity contribution in [1.29, 1.82) is 0 Å². The summed E-state index contributed by atoms with van der Waals surface area (Å²) in [5.41, 5.74) is 1.50. The Morgan fingerprint density at radius 3 is 2.89 bits per heavy atom. The number of pyridine rings is 1. The summed E-state index contributed by atoms with van der Waals surface area (Å²) >= 11 is 2.00. The Balaban J connectivity index is 1.96. The maximum atomic E-state index is 11.7. The fraction of sp³-hybridized carbons (Fsp3) is 0.429. The predicted molar refractivity (Wildman–Crippen MR) is 77.8 cm³/mol. The molecule has 0 bridgehead atoms. The Kier molecular flexibility index (Phi) is 3.57. The highest BCUT2D eigenvalue weighted by molar-refractivity contribution is 7.99. The number of aromatic nitrogens is 2. The van der Waals surface area contributed by atoms with Crippen molar-refractivity contribution in [3.63, 3.8) is 0 Å². The Labute approximate surface area is 116 Å². The largest absolute Gasteiger partial charge is 0.302 e. The van der Waals surface area contributed by atoms with Gasteiger partial charge in [-0.2, -0.15) is 11.8 Å². The molecule has 3 rings (SSSR count). The first-order valence-electron chi connectivity index (χ1n) is 6.53. The van der Waals surface area contributed by atoms with Crippen molar-refractivity contribution in [3.8, 4) is 0 Å². The highest BCUT2D eigenvalue weighted by Gasteiger charge is 2.17. The lowest BCUT2D eigenvalue weighted by Gasteiger charge is -2.25. The average Bonchev–Trinajstić information content (AvgIpc) is 2.79. The number of rotatable bonds is 3. The molecule has 0 N–H and O–H groups in total. The molecule has 1 fully saturated rings. The number of hydrogen-bond acceptors (Lipinski definition) is 4. The number of carbonyl (C=O) groups excluding carboxylic acids is 1. The van der Waals surface area contributed by atoms with Crippen LogP contribution in [0.2, 0.25) is 0 Å². The second-order valence-electron chi connectivity index (χ2n) is 4.78. The first-order valence-corrected chi connectivity index (χ1v) is 7.68. The second-order valence-corrected chi connectivity index (χ2v) is 6.00. The monoisotopic (exact) mass is 275 g/mol. The summed E-state index contributed by atoms with van der Waals surface area (Å²) < 4.78 is 2.04. The minimum absolute atomic E-state index is 0.0316. The van der Waals surface area contributed by atoms with E-state index >= 15 is 0 Å². The smallest absolute Gasteiger partial charge is 0.180 e. The molecule has 1 saturated heterocycles. The van der Waals surface area contributed by atoms with Crippen LogP contribution in [0.3, 0.4) is 0 Å². The van der Waals surface area contributed by atoms with E-state index < -0.39 is 0 Å². The zero-order valence-corrected chi connectivity index (χ0v) is 11.8. The first-order chi connectivity index (χ1) is 9.25. The lowest BCUT2D eigenvalue weighted by atomic mass is 10.2. The van der Waals surface area contributed by atoms with Gasteiger partial charge in [-0.05, 0) is 12.1 Å². The van der Waals surface area contributed by atoms with Crippen molar-refractivity contribution in [2.24, 2.45) is 0 Å². The van der Waals surface area contributed by atoms with Crippen LogP contribution < -0.4 is 0 Å². The van der Waals surface area contributed by atoms with Crippen LogP contribution in [0.1, 0.15) is 23.2 Å². The fourth-order valence-corrected chi connectivity index (χ4v) is 3.41. The maximum absolute atomic E-state index is 11.7. The second kappa shape index (κ2) is 5.35. The summed E-state index contributed by atoms with van der Waals surface area (Å²) in [5.74, 6) is 3.36. The molecule has 0 spiro atoms. The minimum Gasteiger partial charge on any atom is -0.302 e. The van der Waals surface area contributed by atoms with E-state index in [9.17, 15) is 4.79 Å². The zero-order chi connectivity index (χ0) is 13.2. The number of nitrogens with zero attached hydrogens (tertiary/aromatic N) is 3. The third kappa shape index (κ3) is 2.53. The van der Waals surface area contributed by atoms with Gasteiger partial charge in [0.25, 0.3) is 0 Å². The van der Waals surface area contributed by atoms with Gasteiger partial charge in [0.2, 0.25) is 0 Å². The van der Waals surface area contributed by atoms with Crippen molar-refractivity contribution >= 4 is 23.1 Å². The van der Waals surface area contributed by atoms with Gasteiger partial charge in [0.1, 0.15) is 11.5 Å². The van der Waals surface area contributed by atoms with Crippen LogP contribution in [0.25, 0.3) is 5.52 Å². The van der Waals surface area contributed by atoms with Gasteiger partial charge >= 0.3 is 0 Å². The van der Waals surface area contributed by atoms with E-state index in [1.165, 1.54) is 11.5 Å². The summed E-state index contributed by atoms with van der Waals surface area (Å²) in [6, 6.07) is 5.89. The molecular weight excluding hydrogens is 258 g/mol. The average molecular weight is 275 g/mol. The molecule has 100 valence electrons. The van der Waals surface area contributed by atoms with Crippen LogP contribution in [0.5, 0.6) is 0 Å². The van der Waals surface area contributed by atoms with Crippen LogP contribution in [0, 0.1) is 0 Å². The van der Waals surface area contributed by atoms with Crippen LogP contribution in [-0.4, -0.2) is 44.7 Å². The summed E-state index contributed by atoms with van der Waals surface area (Å²) in [6.45, 7) is 4.60. The maximum Gasteiger partial charge on any atom is 0.180 e. The van der Waals surface area contributed by atoms with E-state index in [1.807, 2.05) is 40.6 Å². The normalized spacial score (nSPS) is 16.9. The van der Waals surface area contributed by atoms with Crippen LogP contribution in [-0.2, 0) is 6.54 Å². The van der Waals surface area contributed by atoms with Gasteiger partial charge in [-0.3, -0.25) is 9.69 Å². The van der Waals surface area contributed by atoms with E-state index in [1.54, 1.807) is 6.92 Å². The first kappa shape index (κ1) is 12.7. The lowest BCUT2D eigenvalue weighted by Crippen LogP contribution is -2.32. The van der Waals surface area contributed by atoms with Crippen molar-refractivity contribution in [3.05, 3.63) is 35.9 Å². The topological polar surface area (TPSA) is 37.6 Å². The Hall–Kier alpha value is -1.33. The zero-order valence-electron chi connectivity index (χ0n) is 11.0. The van der Waals surface area contributed by atoms with Gasteiger partial charge in [0.15, 0.2) is 5.78 Å². The SMILES string of the molecule is CC(=O)c1nc(CN2CCSCC2)n2ccccc12. The molecule has 19 heavy (non-hydrogen) atoms. The Morgan fingerprint density at radius 2 is 2.16 bits per heavy atom. The van der Waals surface area contributed by atoms with Crippen LogP contribution in [0.4, 0.5) is 0 Å². The number of carbonyl (C=O) groups is 1. The molecule has 1 aliphatic heterocycles. The van der Waals surface area contributed by atoms with Gasteiger partial charge < -0.3 is 4.40 Å². The molecule has 0 aromatic carbocycles. The van der Waals surface area contributed by atoms with Crippen molar-refractivity contribution in [2.75, 3.05) is 24.6 Å². The number of ketones is 1. The van der Waals surface area contributed by atoms with E-state index in [4.69, 9.17) is 0 Å². The Bertz CT molecular complexity index is 602. The van der Waals surface area contributed by atoms with Gasteiger partial charge in [0, 0.05) is 37.7 Å². The van der Waals surface area contributed by atoms with E-state index in [-0.39, 0.29) is 5.78 Å². The Morgan fingerprint density at radius 1 is 1.37 bits per heavy atom. The lowest BCUT2D eigenvalue weighted by molar-refractivity contribution is 0.101. The standard InChI is InChI=1S/C14H17N3OS/c1-11(18)14-12-4-2-3-5-17(12)13(15-14)10-16-6-8-19-9-7-16/h2-5H,6-10H2,1H3.